The number of halogens is 3. The van der Waals surface area contributed by atoms with Crippen molar-refractivity contribution in [2.75, 3.05) is 4.90 Å². The van der Waals surface area contributed by atoms with Gasteiger partial charge in [0.2, 0.25) is 5.91 Å². The Morgan fingerprint density at radius 2 is 2.00 bits per heavy atom. The fraction of sp³-hybridized carbons (Fsp3) is 0.227. The molecule has 0 N–H and O–H groups in total. The number of anilines is 2. The molecule has 10 heteroatoms. The lowest BCUT2D eigenvalue weighted by Crippen LogP contribution is -2.24. The molecule has 1 amide bonds. The van der Waals surface area contributed by atoms with Crippen LogP contribution in [-0.2, 0) is 10.5 Å². The van der Waals surface area contributed by atoms with Gasteiger partial charge < -0.3 is 0 Å². The Morgan fingerprint density at radius 1 is 1.25 bits per heavy atom. The molecule has 2 heterocycles. The van der Waals surface area contributed by atoms with E-state index in [4.69, 9.17) is 11.6 Å². The van der Waals surface area contributed by atoms with Gasteiger partial charge in [-0.3, -0.25) is 14.3 Å². The monoisotopic (exact) mass is 492 g/mol. The zero-order valence-electron chi connectivity index (χ0n) is 17.5. The number of thioether (sulfide) groups is 1. The van der Waals surface area contributed by atoms with Crippen LogP contribution in [0.4, 0.5) is 19.6 Å². The third kappa shape index (κ3) is 4.37. The van der Waals surface area contributed by atoms with E-state index in [9.17, 15) is 13.6 Å². The lowest BCUT2D eigenvalue weighted by molar-refractivity contribution is -0.115. The summed E-state index contributed by atoms with van der Waals surface area (Å²) in [6, 6.07) is 10.6. The van der Waals surface area contributed by atoms with E-state index in [1.165, 1.54) is 34.9 Å². The van der Waals surface area contributed by atoms with Crippen molar-refractivity contribution >= 4 is 62.5 Å². The number of fused-ring (bicyclic) bond motifs is 1. The normalized spacial score (nSPS) is 11.5. The molecule has 4 rings (SSSR count). The van der Waals surface area contributed by atoms with E-state index in [0.29, 0.717) is 38.3 Å². The Kier molecular flexibility index (Phi) is 6.50. The molecule has 0 saturated heterocycles. The Labute approximate surface area is 197 Å². The highest BCUT2D eigenvalue weighted by atomic mass is 35.5. The molecule has 5 nitrogen and oxygen atoms in total. The van der Waals surface area contributed by atoms with Crippen molar-refractivity contribution in [1.29, 1.82) is 0 Å². The minimum Gasteiger partial charge on any atom is -0.274 e. The average molecular weight is 493 g/mol. The summed E-state index contributed by atoms with van der Waals surface area (Å²) in [5, 5.41) is 2.97. The highest BCUT2D eigenvalue weighted by Crippen LogP contribution is 2.38. The summed E-state index contributed by atoms with van der Waals surface area (Å²) in [4.78, 5) is 22.9. The first-order chi connectivity index (χ1) is 15.3. The fourth-order valence-corrected chi connectivity index (χ4v) is 5.78. The molecule has 0 aliphatic rings. The van der Waals surface area contributed by atoms with Crippen LogP contribution in [0.1, 0.15) is 30.3 Å². The summed E-state index contributed by atoms with van der Waals surface area (Å²) in [6.07, 6.45) is 0. The van der Waals surface area contributed by atoms with Gasteiger partial charge in [0.15, 0.2) is 10.3 Å². The highest BCUT2D eigenvalue weighted by molar-refractivity contribution is 7.98. The van der Waals surface area contributed by atoms with E-state index in [1.807, 2.05) is 25.3 Å². The molecule has 0 bridgehead atoms. The first-order valence-corrected chi connectivity index (χ1v) is 11.9. The number of para-hydroxylation sites is 2. The minimum atomic E-state index is -2.70. The van der Waals surface area contributed by atoms with E-state index in [0.717, 1.165) is 15.7 Å². The van der Waals surface area contributed by atoms with Crippen LogP contribution in [0.25, 0.3) is 11.0 Å². The van der Waals surface area contributed by atoms with Gasteiger partial charge in [-0.2, -0.15) is 8.78 Å². The quantitative estimate of drug-likeness (QED) is 0.268. The van der Waals surface area contributed by atoms with Crippen LogP contribution in [-0.4, -0.2) is 20.4 Å². The number of rotatable bonds is 6. The van der Waals surface area contributed by atoms with Crippen molar-refractivity contribution in [3.8, 4) is 0 Å². The number of carbonyl (C=O) groups excluding carboxylic acids is 1. The molecule has 0 fully saturated rings. The lowest BCUT2D eigenvalue weighted by atomic mass is 10.1. The number of carbonyl (C=O) groups is 1. The molecular weight excluding hydrogens is 474 g/mol. The summed E-state index contributed by atoms with van der Waals surface area (Å²) in [5.74, 6) is 0.116. The van der Waals surface area contributed by atoms with Crippen molar-refractivity contribution in [3.05, 3.63) is 63.6 Å². The fourth-order valence-electron chi connectivity index (χ4n) is 3.50. The van der Waals surface area contributed by atoms with E-state index < -0.39 is 6.55 Å². The molecule has 166 valence electrons. The predicted molar refractivity (Wildman–Crippen MR) is 126 cm³/mol. The molecular formula is C22H19ClF2N4OS2. The molecule has 2 aromatic heterocycles. The van der Waals surface area contributed by atoms with Gasteiger partial charge in [0.1, 0.15) is 0 Å². The first kappa shape index (κ1) is 22.7. The molecule has 4 aromatic rings. The number of aromatic nitrogens is 3. The second-order valence-corrected chi connectivity index (χ2v) is 9.39. The third-order valence-electron chi connectivity index (χ3n) is 4.78. The molecule has 0 aliphatic carbocycles. The van der Waals surface area contributed by atoms with Crippen LogP contribution in [0.15, 0.2) is 46.9 Å². The number of amides is 1. The maximum absolute atomic E-state index is 13.6. The maximum atomic E-state index is 13.6. The number of benzene rings is 2. The molecule has 0 radical (unpaired) electrons. The summed E-state index contributed by atoms with van der Waals surface area (Å²) in [7, 11) is 0. The Hall–Kier alpha value is -2.49. The number of imidazole rings is 1. The number of hydrogen-bond donors (Lipinski definition) is 0. The van der Waals surface area contributed by atoms with Gasteiger partial charge in [0.05, 0.1) is 27.4 Å². The smallest absolute Gasteiger partial charge is 0.274 e. The van der Waals surface area contributed by atoms with Crippen molar-refractivity contribution in [2.45, 2.75) is 38.2 Å². The van der Waals surface area contributed by atoms with Gasteiger partial charge >= 0.3 is 6.55 Å². The molecule has 0 atom stereocenters. The van der Waals surface area contributed by atoms with Crippen molar-refractivity contribution in [2.24, 2.45) is 0 Å². The van der Waals surface area contributed by atoms with Crippen LogP contribution < -0.4 is 4.90 Å². The van der Waals surface area contributed by atoms with Gasteiger partial charge in [0, 0.05) is 18.1 Å². The van der Waals surface area contributed by atoms with Gasteiger partial charge in [-0.25, -0.2) is 9.97 Å². The summed E-state index contributed by atoms with van der Waals surface area (Å²) in [6.45, 7) is 2.59. The Morgan fingerprint density at radius 3 is 2.69 bits per heavy atom. The van der Waals surface area contributed by atoms with Crippen molar-refractivity contribution in [1.82, 2.24) is 14.5 Å². The number of thiazole rings is 1. The molecule has 0 saturated carbocycles. The number of aryl methyl sites for hydroxylation is 2. The predicted octanol–water partition coefficient (Wildman–Crippen LogP) is 7.14. The van der Waals surface area contributed by atoms with Crippen LogP contribution >= 0.6 is 34.7 Å². The van der Waals surface area contributed by atoms with Crippen LogP contribution in [0, 0.1) is 13.8 Å². The van der Waals surface area contributed by atoms with E-state index in [2.05, 4.69) is 9.97 Å². The number of hydrogen-bond acceptors (Lipinski definition) is 5. The standard InChI is InChI=1S/C22H19ClF2N4OS2/c1-12-8-13(2)19(16(23)9-12)28(14(3)30)21-26-15(10-31-21)11-32-22-27-17-6-4-5-7-18(17)29(22)20(24)25/h4-10,20H,11H2,1-3H3. The zero-order valence-corrected chi connectivity index (χ0v) is 19.9. The molecule has 2 aromatic carbocycles. The van der Waals surface area contributed by atoms with Gasteiger partial charge in [-0.05, 0) is 43.2 Å². The molecule has 0 aliphatic heterocycles. The van der Waals surface area contributed by atoms with E-state index in [1.54, 1.807) is 30.3 Å². The van der Waals surface area contributed by atoms with Crippen LogP contribution in [0.2, 0.25) is 5.02 Å². The molecule has 0 spiro atoms. The second kappa shape index (κ2) is 9.17. The highest BCUT2D eigenvalue weighted by Gasteiger charge is 2.23. The van der Waals surface area contributed by atoms with E-state index in [-0.39, 0.29) is 11.1 Å². The minimum absolute atomic E-state index is 0.216. The van der Waals surface area contributed by atoms with Gasteiger partial charge in [-0.15, -0.1) is 11.3 Å². The summed E-state index contributed by atoms with van der Waals surface area (Å²) >= 11 is 8.93. The Balaban J connectivity index is 1.61. The summed E-state index contributed by atoms with van der Waals surface area (Å²) < 4.78 is 28.2. The van der Waals surface area contributed by atoms with E-state index >= 15 is 0 Å². The third-order valence-corrected chi connectivity index (χ3v) is 6.92. The zero-order chi connectivity index (χ0) is 23.0. The SMILES string of the molecule is CC(=O)N(c1nc(CSc2nc3ccccc3n2C(F)F)cs1)c1c(C)cc(C)cc1Cl. The van der Waals surface area contributed by atoms with Gasteiger partial charge in [-0.1, -0.05) is 41.6 Å². The average Bonchev–Trinajstić information content (AvgIpc) is 3.32. The maximum Gasteiger partial charge on any atom is 0.321 e. The van der Waals surface area contributed by atoms with Gasteiger partial charge in [0.25, 0.3) is 0 Å². The molecule has 0 unspecified atom stereocenters. The number of nitrogens with zero attached hydrogens (tertiary/aromatic N) is 4. The van der Waals surface area contributed by atoms with Crippen molar-refractivity contribution < 1.29 is 13.6 Å². The summed E-state index contributed by atoms with van der Waals surface area (Å²) in [5.41, 5.74) is 4.02. The first-order valence-electron chi connectivity index (χ1n) is 9.66. The largest absolute Gasteiger partial charge is 0.321 e. The van der Waals surface area contributed by atoms with Crippen molar-refractivity contribution in [3.63, 3.8) is 0 Å². The van der Waals surface area contributed by atoms with Crippen LogP contribution in [0.5, 0.6) is 0 Å². The Bertz CT molecular complexity index is 1280. The lowest BCUT2D eigenvalue weighted by Gasteiger charge is -2.22. The topological polar surface area (TPSA) is 51.0 Å². The number of alkyl halides is 2. The molecule has 32 heavy (non-hydrogen) atoms. The second-order valence-electron chi connectivity index (χ2n) is 7.21. The van der Waals surface area contributed by atoms with Crippen LogP contribution in [0.3, 0.4) is 0 Å².